The predicted molar refractivity (Wildman–Crippen MR) is 72.5 cm³/mol. The fourth-order valence-corrected chi connectivity index (χ4v) is 2.06. The van der Waals surface area contributed by atoms with Crippen LogP contribution in [0.15, 0.2) is 34.5 Å². The number of hydrogen-bond acceptors (Lipinski definition) is 4. The SMILES string of the molecule is CC(=O)Oc1cc2c(C(C(=O)O)=C(C)C)ccc-2co1. The maximum Gasteiger partial charge on any atom is 0.336 e. The first kappa shape index (κ1) is 13.9. The van der Waals surface area contributed by atoms with Crippen molar-refractivity contribution < 1.29 is 23.8 Å². The predicted octanol–water partition coefficient (Wildman–Crippen LogP) is 3.19. The van der Waals surface area contributed by atoms with Gasteiger partial charge in [-0.1, -0.05) is 17.7 Å². The number of esters is 1. The zero-order chi connectivity index (χ0) is 14.9. The Kier molecular flexibility index (Phi) is 3.61. The Labute approximate surface area is 115 Å². The smallest absolute Gasteiger partial charge is 0.336 e. The molecule has 0 saturated heterocycles. The normalized spacial score (nSPS) is 10.3. The molecule has 1 heterocycles. The largest absolute Gasteiger partial charge is 0.478 e. The molecular formula is C15H14O5. The minimum atomic E-state index is -0.993. The van der Waals surface area contributed by atoms with Crippen LogP contribution in [0.2, 0.25) is 0 Å². The second kappa shape index (κ2) is 5.21. The maximum atomic E-state index is 11.4. The average molecular weight is 274 g/mol. The number of fused-ring (bicyclic) bond motifs is 1. The van der Waals surface area contributed by atoms with Crippen LogP contribution in [0.1, 0.15) is 26.3 Å². The zero-order valence-electron chi connectivity index (χ0n) is 11.4. The van der Waals surface area contributed by atoms with Crippen molar-refractivity contribution in [1.82, 2.24) is 0 Å². The van der Waals surface area contributed by atoms with Gasteiger partial charge in [-0.15, -0.1) is 0 Å². The molecule has 0 spiro atoms. The summed E-state index contributed by atoms with van der Waals surface area (Å²) in [5.41, 5.74) is 2.93. The number of carboxylic acids is 1. The Hall–Kier alpha value is -2.56. The molecular weight excluding hydrogens is 260 g/mol. The first-order valence-corrected chi connectivity index (χ1v) is 6.01. The minimum absolute atomic E-state index is 0.0379. The van der Waals surface area contributed by atoms with E-state index in [-0.39, 0.29) is 11.5 Å². The van der Waals surface area contributed by atoms with Crippen LogP contribution < -0.4 is 4.74 Å². The van der Waals surface area contributed by atoms with Gasteiger partial charge < -0.3 is 14.3 Å². The molecule has 0 aromatic carbocycles. The average Bonchev–Trinajstić information content (AvgIpc) is 2.71. The fourth-order valence-electron chi connectivity index (χ4n) is 2.06. The first-order valence-electron chi connectivity index (χ1n) is 6.01. The first-order chi connectivity index (χ1) is 9.40. The van der Waals surface area contributed by atoms with Gasteiger partial charge in [0.1, 0.15) is 6.26 Å². The van der Waals surface area contributed by atoms with Crippen LogP contribution in [-0.4, -0.2) is 17.0 Å². The number of ether oxygens (including phenoxy) is 1. The van der Waals surface area contributed by atoms with Crippen LogP contribution >= 0.6 is 0 Å². The summed E-state index contributed by atoms with van der Waals surface area (Å²) in [4.78, 5) is 22.3. The molecule has 0 unspecified atom stereocenters. The van der Waals surface area contributed by atoms with Crippen molar-refractivity contribution in [2.45, 2.75) is 20.8 Å². The van der Waals surface area contributed by atoms with Crippen molar-refractivity contribution in [2.75, 3.05) is 0 Å². The molecule has 0 aromatic rings. The summed E-state index contributed by atoms with van der Waals surface area (Å²) in [6, 6.07) is 5.00. The Morgan fingerprint density at radius 2 is 1.90 bits per heavy atom. The summed E-state index contributed by atoms with van der Waals surface area (Å²) < 4.78 is 10.0. The molecule has 1 aliphatic heterocycles. The lowest BCUT2D eigenvalue weighted by Crippen LogP contribution is -2.03. The third-order valence-corrected chi connectivity index (χ3v) is 2.82. The lowest BCUT2D eigenvalue weighted by Gasteiger charge is -2.08. The van der Waals surface area contributed by atoms with Gasteiger partial charge in [0.15, 0.2) is 0 Å². The van der Waals surface area contributed by atoms with E-state index < -0.39 is 11.9 Å². The highest BCUT2D eigenvalue weighted by atomic mass is 16.6. The Morgan fingerprint density at radius 3 is 2.45 bits per heavy atom. The van der Waals surface area contributed by atoms with E-state index in [1.54, 1.807) is 26.0 Å². The van der Waals surface area contributed by atoms with E-state index in [9.17, 15) is 14.7 Å². The van der Waals surface area contributed by atoms with Gasteiger partial charge in [0.05, 0.1) is 5.57 Å². The van der Waals surface area contributed by atoms with E-state index in [4.69, 9.17) is 9.15 Å². The van der Waals surface area contributed by atoms with E-state index >= 15 is 0 Å². The topological polar surface area (TPSA) is 76.7 Å². The Balaban J connectivity index is 2.59. The van der Waals surface area contributed by atoms with Crippen LogP contribution in [-0.2, 0) is 9.59 Å². The summed E-state index contributed by atoms with van der Waals surface area (Å²) in [5, 5.41) is 9.32. The lowest BCUT2D eigenvalue weighted by molar-refractivity contribution is -0.133. The summed E-state index contributed by atoms with van der Waals surface area (Å²) in [5.74, 6) is -1.45. The number of rotatable bonds is 3. The van der Waals surface area contributed by atoms with Crippen molar-refractivity contribution in [3.8, 4) is 17.1 Å². The number of carbonyl (C=O) groups excluding carboxylic acids is 1. The van der Waals surface area contributed by atoms with E-state index in [0.717, 1.165) is 5.56 Å². The third-order valence-electron chi connectivity index (χ3n) is 2.82. The molecule has 1 N–H and O–H groups in total. The molecule has 5 heteroatoms. The van der Waals surface area contributed by atoms with Crippen molar-refractivity contribution in [3.63, 3.8) is 0 Å². The van der Waals surface area contributed by atoms with Crippen LogP contribution in [0.5, 0.6) is 5.95 Å². The highest BCUT2D eigenvalue weighted by molar-refractivity contribution is 6.18. The molecule has 5 nitrogen and oxygen atoms in total. The van der Waals surface area contributed by atoms with E-state index in [1.807, 2.05) is 0 Å². The zero-order valence-corrected chi connectivity index (χ0v) is 11.4. The third kappa shape index (κ3) is 2.56. The summed E-state index contributed by atoms with van der Waals surface area (Å²) in [6.45, 7) is 4.75. The van der Waals surface area contributed by atoms with Gasteiger partial charge in [0.2, 0.25) is 0 Å². The van der Waals surface area contributed by atoms with Gasteiger partial charge in [-0.2, -0.15) is 0 Å². The molecule has 0 saturated carbocycles. The second-order valence-electron chi connectivity index (χ2n) is 4.59. The van der Waals surface area contributed by atoms with E-state index in [0.29, 0.717) is 16.7 Å². The van der Waals surface area contributed by atoms with Crippen LogP contribution in [0.4, 0.5) is 0 Å². The molecule has 0 atom stereocenters. The maximum absolute atomic E-state index is 11.4. The van der Waals surface area contributed by atoms with Gasteiger partial charge in [-0.05, 0) is 25.0 Å². The van der Waals surface area contributed by atoms with E-state index in [2.05, 4.69) is 0 Å². The van der Waals surface area contributed by atoms with Crippen molar-refractivity contribution in [2.24, 2.45) is 0 Å². The quantitative estimate of drug-likeness (QED) is 0.687. The van der Waals surface area contributed by atoms with Crippen molar-refractivity contribution in [1.29, 1.82) is 0 Å². The van der Waals surface area contributed by atoms with Gasteiger partial charge in [-0.3, -0.25) is 4.79 Å². The van der Waals surface area contributed by atoms with Gasteiger partial charge in [-0.25, -0.2) is 4.79 Å². The summed E-state index contributed by atoms with van der Waals surface area (Å²) in [7, 11) is 0. The Morgan fingerprint density at radius 1 is 1.20 bits per heavy atom. The van der Waals surface area contributed by atoms with Gasteiger partial charge in [0.25, 0.3) is 5.95 Å². The molecule has 104 valence electrons. The lowest BCUT2D eigenvalue weighted by atomic mass is 9.99. The highest BCUT2D eigenvalue weighted by Gasteiger charge is 2.20. The molecule has 1 aliphatic carbocycles. The standard InChI is InChI=1S/C15H14O5/c1-8(2)14(15(17)18)11-5-4-10-7-19-13(6-12(10)11)20-9(3)16/h4-7H,1-3H3,(H,17,18). The van der Waals surface area contributed by atoms with Crippen LogP contribution in [0.3, 0.4) is 0 Å². The number of hydrogen-bond donors (Lipinski definition) is 1. The number of allylic oxidation sites excluding steroid dienone is 1. The van der Waals surface area contributed by atoms with Gasteiger partial charge in [0, 0.05) is 18.6 Å². The minimum Gasteiger partial charge on any atom is -0.478 e. The number of aliphatic carboxylic acids is 1. The van der Waals surface area contributed by atoms with Gasteiger partial charge >= 0.3 is 11.9 Å². The molecule has 0 bridgehead atoms. The molecule has 0 amide bonds. The number of carboxylic acid groups (broad SMARTS) is 1. The van der Waals surface area contributed by atoms with Crippen LogP contribution in [0, 0.1) is 0 Å². The van der Waals surface area contributed by atoms with Crippen molar-refractivity contribution >= 4 is 17.5 Å². The van der Waals surface area contributed by atoms with Crippen molar-refractivity contribution in [3.05, 3.63) is 35.6 Å². The molecule has 2 aliphatic rings. The number of carbonyl (C=O) groups is 2. The Bertz CT molecular complexity index is 674. The summed E-state index contributed by atoms with van der Waals surface area (Å²) in [6.07, 6.45) is 1.43. The fraction of sp³-hybridized carbons (Fsp3) is 0.200. The van der Waals surface area contributed by atoms with E-state index in [1.165, 1.54) is 19.3 Å². The highest BCUT2D eigenvalue weighted by Crippen LogP contribution is 2.36. The molecule has 0 fully saturated rings. The molecule has 0 aromatic heterocycles. The molecule has 2 rings (SSSR count). The molecule has 20 heavy (non-hydrogen) atoms. The van der Waals surface area contributed by atoms with Crippen LogP contribution in [0.25, 0.3) is 16.7 Å². The molecule has 0 radical (unpaired) electrons. The second-order valence-corrected chi connectivity index (χ2v) is 4.59. The monoisotopic (exact) mass is 274 g/mol. The summed E-state index contributed by atoms with van der Waals surface area (Å²) >= 11 is 0.